The van der Waals surface area contributed by atoms with Crippen molar-refractivity contribution in [3.8, 4) is 22.5 Å². The largest absolute Gasteiger partial charge is 0.345 e. The Balaban J connectivity index is 1.51. The van der Waals surface area contributed by atoms with Gasteiger partial charge in [0.15, 0.2) is 0 Å². The maximum Gasteiger partial charge on any atom is 0.257 e. The highest BCUT2D eigenvalue weighted by atomic mass is 16.1. The summed E-state index contributed by atoms with van der Waals surface area (Å²) in [6.45, 7) is 0. The molecular formula is C19H16N6O. The van der Waals surface area contributed by atoms with Gasteiger partial charge in [0.1, 0.15) is 5.82 Å². The molecule has 0 saturated heterocycles. The van der Waals surface area contributed by atoms with E-state index >= 15 is 0 Å². The van der Waals surface area contributed by atoms with E-state index in [0.29, 0.717) is 11.3 Å². The molecule has 0 atom stereocenters. The van der Waals surface area contributed by atoms with Crippen LogP contribution in [-0.2, 0) is 7.05 Å². The lowest BCUT2D eigenvalue weighted by Gasteiger charge is -2.07. The number of aromatic amines is 1. The third-order valence-electron chi connectivity index (χ3n) is 3.95. The van der Waals surface area contributed by atoms with Gasteiger partial charge < -0.3 is 10.3 Å². The second-order valence-electron chi connectivity index (χ2n) is 5.83. The number of carbonyl (C=O) groups is 1. The number of carbonyl (C=O) groups excluding carboxylic acids is 1. The van der Waals surface area contributed by atoms with Crippen molar-refractivity contribution >= 4 is 11.6 Å². The average Bonchev–Trinajstić information content (AvgIpc) is 3.34. The van der Waals surface area contributed by atoms with Crippen LogP contribution < -0.4 is 5.32 Å². The van der Waals surface area contributed by atoms with Gasteiger partial charge in [0.2, 0.25) is 0 Å². The molecule has 2 N–H and O–H groups in total. The van der Waals surface area contributed by atoms with Crippen LogP contribution in [0.25, 0.3) is 22.5 Å². The topological polar surface area (TPSA) is 88.5 Å². The number of benzene rings is 1. The zero-order chi connectivity index (χ0) is 17.9. The minimum atomic E-state index is -0.214. The Hall–Kier alpha value is -3.74. The summed E-state index contributed by atoms with van der Waals surface area (Å²) in [5.74, 6) is 0.574. The third-order valence-corrected chi connectivity index (χ3v) is 3.95. The van der Waals surface area contributed by atoms with Gasteiger partial charge in [-0.3, -0.25) is 14.5 Å². The Morgan fingerprint density at radius 2 is 1.92 bits per heavy atom. The quantitative estimate of drug-likeness (QED) is 0.595. The predicted octanol–water partition coefficient (Wildman–Crippen LogP) is 3.12. The summed E-state index contributed by atoms with van der Waals surface area (Å²) >= 11 is 0. The van der Waals surface area contributed by atoms with Crippen LogP contribution in [0, 0.1) is 0 Å². The first kappa shape index (κ1) is 15.8. The molecule has 7 heteroatoms. The fourth-order valence-electron chi connectivity index (χ4n) is 2.63. The summed E-state index contributed by atoms with van der Waals surface area (Å²) in [6.07, 6.45) is 10.4. The van der Waals surface area contributed by atoms with Crippen molar-refractivity contribution in [1.82, 2.24) is 24.7 Å². The molecule has 0 aliphatic rings. The Morgan fingerprint density at radius 1 is 1.08 bits per heavy atom. The number of aromatic nitrogens is 5. The highest BCUT2D eigenvalue weighted by Crippen LogP contribution is 2.20. The van der Waals surface area contributed by atoms with E-state index in [9.17, 15) is 4.79 Å². The number of pyridine rings is 1. The van der Waals surface area contributed by atoms with Gasteiger partial charge in [-0.05, 0) is 30.3 Å². The Morgan fingerprint density at radius 3 is 2.62 bits per heavy atom. The van der Waals surface area contributed by atoms with Crippen molar-refractivity contribution in [2.45, 2.75) is 0 Å². The van der Waals surface area contributed by atoms with Crippen LogP contribution in [0.5, 0.6) is 0 Å². The molecule has 0 aliphatic heterocycles. The van der Waals surface area contributed by atoms with Crippen LogP contribution >= 0.6 is 0 Å². The maximum absolute atomic E-state index is 12.5. The Kier molecular flexibility index (Phi) is 4.03. The van der Waals surface area contributed by atoms with Gasteiger partial charge >= 0.3 is 0 Å². The second kappa shape index (κ2) is 6.64. The first-order valence-corrected chi connectivity index (χ1v) is 8.04. The molecule has 0 unspecified atom stereocenters. The van der Waals surface area contributed by atoms with Gasteiger partial charge in [-0.2, -0.15) is 5.10 Å². The molecule has 128 valence electrons. The molecule has 1 aromatic carbocycles. The highest BCUT2D eigenvalue weighted by Gasteiger charge is 2.10. The van der Waals surface area contributed by atoms with Crippen LogP contribution in [0.1, 0.15) is 10.4 Å². The number of nitrogens with one attached hydrogen (secondary N) is 2. The molecule has 3 aromatic heterocycles. The smallest absolute Gasteiger partial charge is 0.257 e. The van der Waals surface area contributed by atoms with E-state index < -0.39 is 0 Å². The first-order valence-electron chi connectivity index (χ1n) is 8.04. The number of aryl methyl sites for hydroxylation is 1. The molecule has 3 heterocycles. The minimum Gasteiger partial charge on any atom is -0.345 e. The molecule has 4 aromatic rings. The standard InChI is InChI=1S/C19H16N6O/c1-25-12-16(11-23-25)14-8-15(10-20-9-14)19(26)24-17-4-2-13(3-5-17)18-21-6-7-22-18/h2-12H,1H3,(H,21,22)(H,24,26). The minimum absolute atomic E-state index is 0.214. The molecule has 0 radical (unpaired) electrons. The third kappa shape index (κ3) is 3.23. The number of rotatable bonds is 4. The summed E-state index contributed by atoms with van der Waals surface area (Å²) in [7, 11) is 1.85. The van der Waals surface area contributed by atoms with E-state index in [1.54, 1.807) is 41.7 Å². The van der Waals surface area contributed by atoms with Crippen molar-refractivity contribution in [3.63, 3.8) is 0 Å². The predicted molar refractivity (Wildman–Crippen MR) is 98.4 cm³/mol. The SMILES string of the molecule is Cn1cc(-c2cncc(C(=O)Nc3ccc(-c4ncc[nH]4)cc3)c2)cn1. The van der Waals surface area contributed by atoms with Crippen LogP contribution in [0.2, 0.25) is 0 Å². The lowest BCUT2D eigenvalue weighted by atomic mass is 10.1. The van der Waals surface area contributed by atoms with E-state index in [1.807, 2.05) is 37.5 Å². The van der Waals surface area contributed by atoms with Gasteiger partial charge in [0.05, 0.1) is 11.8 Å². The van der Waals surface area contributed by atoms with E-state index in [2.05, 4.69) is 25.4 Å². The van der Waals surface area contributed by atoms with Crippen LogP contribution in [0.15, 0.2) is 67.5 Å². The molecule has 4 rings (SSSR count). The number of hydrogen-bond donors (Lipinski definition) is 2. The van der Waals surface area contributed by atoms with Gasteiger partial charge in [0, 0.05) is 60.4 Å². The van der Waals surface area contributed by atoms with Crippen molar-refractivity contribution in [2.75, 3.05) is 5.32 Å². The summed E-state index contributed by atoms with van der Waals surface area (Å²) < 4.78 is 1.71. The van der Waals surface area contributed by atoms with Gasteiger partial charge in [-0.25, -0.2) is 4.98 Å². The number of anilines is 1. The van der Waals surface area contributed by atoms with E-state index in [1.165, 1.54) is 0 Å². The van der Waals surface area contributed by atoms with E-state index in [4.69, 9.17) is 0 Å². The number of imidazole rings is 1. The summed E-state index contributed by atoms with van der Waals surface area (Å²) in [4.78, 5) is 24.0. The van der Waals surface area contributed by atoms with Gasteiger partial charge in [-0.1, -0.05) is 0 Å². The van der Waals surface area contributed by atoms with Crippen molar-refractivity contribution < 1.29 is 4.79 Å². The fourth-order valence-corrected chi connectivity index (χ4v) is 2.63. The summed E-state index contributed by atoms with van der Waals surface area (Å²) in [6, 6.07) is 9.29. The number of hydrogen-bond acceptors (Lipinski definition) is 4. The Bertz CT molecular complexity index is 1030. The zero-order valence-corrected chi connectivity index (χ0v) is 14.0. The molecule has 0 saturated carbocycles. The molecule has 0 fully saturated rings. The molecule has 0 bridgehead atoms. The van der Waals surface area contributed by atoms with Crippen molar-refractivity contribution in [3.05, 3.63) is 73.1 Å². The monoisotopic (exact) mass is 344 g/mol. The average molecular weight is 344 g/mol. The summed E-state index contributed by atoms with van der Waals surface area (Å²) in [5.41, 5.74) is 3.91. The molecule has 1 amide bonds. The number of amides is 1. The van der Waals surface area contributed by atoms with Crippen LogP contribution in [-0.4, -0.2) is 30.6 Å². The highest BCUT2D eigenvalue weighted by molar-refractivity contribution is 6.04. The number of nitrogens with zero attached hydrogens (tertiary/aromatic N) is 4. The van der Waals surface area contributed by atoms with E-state index in [0.717, 1.165) is 22.5 Å². The van der Waals surface area contributed by atoms with Crippen LogP contribution in [0.4, 0.5) is 5.69 Å². The van der Waals surface area contributed by atoms with Gasteiger partial charge in [-0.15, -0.1) is 0 Å². The zero-order valence-electron chi connectivity index (χ0n) is 14.0. The second-order valence-corrected chi connectivity index (χ2v) is 5.83. The lowest BCUT2D eigenvalue weighted by Crippen LogP contribution is -2.12. The van der Waals surface area contributed by atoms with Crippen molar-refractivity contribution in [1.29, 1.82) is 0 Å². The first-order chi connectivity index (χ1) is 12.7. The van der Waals surface area contributed by atoms with E-state index in [-0.39, 0.29) is 5.91 Å². The van der Waals surface area contributed by atoms with Crippen LogP contribution in [0.3, 0.4) is 0 Å². The molecule has 26 heavy (non-hydrogen) atoms. The molecule has 7 nitrogen and oxygen atoms in total. The van der Waals surface area contributed by atoms with Crippen molar-refractivity contribution in [2.24, 2.45) is 7.05 Å². The van der Waals surface area contributed by atoms with Gasteiger partial charge in [0.25, 0.3) is 5.91 Å². The molecular weight excluding hydrogens is 328 g/mol. The molecule has 0 spiro atoms. The maximum atomic E-state index is 12.5. The lowest BCUT2D eigenvalue weighted by molar-refractivity contribution is 0.102. The summed E-state index contributed by atoms with van der Waals surface area (Å²) in [5, 5.41) is 7.03. The Labute approximate surface area is 149 Å². The normalized spacial score (nSPS) is 10.7. The number of H-pyrrole nitrogens is 1. The fraction of sp³-hybridized carbons (Fsp3) is 0.0526. The molecule has 0 aliphatic carbocycles.